The van der Waals surface area contributed by atoms with E-state index in [1.54, 1.807) is 0 Å². The van der Waals surface area contributed by atoms with Gasteiger partial charge in [0.25, 0.3) is 0 Å². The predicted octanol–water partition coefficient (Wildman–Crippen LogP) is 3.81. The lowest BCUT2D eigenvalue weighted by Gasteiger charge is -2.13. The molecule has 0 aliphatic rings. The van der Waals surface area contributed by atoms with Gasteiger partial charge < -0.3 is 10.5 Å². The number of aryl methyl sites for hydroxylation is 2. The zero-order chi connectivity index (χ0) is 13.0. The maximum absolute atomic E-state index is 6.02. The minimum atomic E-state index is 0.490. The first-order chi connectivity index (χ1) is 8.74. The first kappa shape index (κ1) is 12.7. The third-order valence-electron chi connectivity index (χ3n) is 3.02. The van der Waals surface area contributed by atoms with E-state index in [-0.39, 0.29) is 0 Å². The van der Waals surface area contributed by atoms with Gasteiger partial charge >= 0.3 is 0 Å². The number of hydrogen-bond donors (Lipinski definition) is 1. The van der Waals surface area contributed by atoms with E-state index in [4.69, 9.17) is 10.5 Å². The fourth-order valence-corrected chi connectivity index (χ4v) is 1.94. The first-order valence-corrected chi connectivity index (χ1v) is 6.30. The molecular weight excluding hydrogens is 222 g/mol. The van der Waals surface area contributed by atoms with Gasteiger partial charge in [-0.05, 0) is 36.6 Å². The quantitative estimate of drug-likeness (QED) is 0.883. The van der Waals surface area contributed by atoms with Crippen LogP contribution in [0.1, 0.15) is 23.6 Å². The van der Waals surface area contributed by atoms with E-state index >= 15 is 0 Å². The fourth-order valence-electron chi connectivity index (χ4n) is 1.94. The molecule has 0 saturated carbocycles. The molecule has 0 saturated heterocycles. The van der Waals surface area contributed by atoms with E-state index in [2.05, 4.69) is 26.0 Å². The molecule has 0 bridgehead atoms. The summed E-state index contributed by atoms with van der Waals surface area (Å²) >= 11 is 0. The normalized spacial score (nSPS) is 10.4. The fraction of sp³-hybridized carbons (Fsp3) is 0.250. The van der Waals surface area contributed by atoms with Crippen LogP contribution in [-0.4, -0.2) is 0 Å². The van der Waals surface area contributed by atoms with Gasteiger partial charge in [-0.25, -0.2) is 0 Å². The molecule has 0 aromatic heterocycles. The monoisotopic (exact) mass is 241 g/mol. The molecule has 2 aromatic rings. The average molecular weight is 241 g/mol. The Morgan fingerprint density at radius 3 is 2.50 bits per heavy atom. The van der Waals surface area contributed by atoms with Gasteiger partial charge in [0.2, 0.25) is 0 Å². The molecule has 2 aromatic carbocycles. The van der Waals surface area contributed by atoms with Crippen LogP contribution in [0.4, 0.5) is 0 Å². The second kappa shape index (κ2) is 5.69. The lowest BCUT2D eigenvalue weighted by Crippen LogP contribution is -2.00. The average Bonchev–Trinajstić information content (AvgIpc) is 2.40. The van der Waals surface area contributed by atoms with Gasteiger partial charge in [0.15, 0.2) is 0 Å². The number of hydrogen-bond acceptors (Lipinski definition) is 2. The smallest absolute Gasteiger partial charge is 0.132 e. The molecule has 0 unspecified atom stereocenters. The van der Waals surface area contributed by atoms with Gasteiger partial charge in [0.05, 0.1) is 0 Å². The van der Waals surface area contributed by atoms with Crippen LogP contribution in [0.2, 0.25) is 0 Å². The van der Waals surface area contributed by atoms with Crippen molar-refractivity contribution in [3.05, 3.63) is 59.2 Å². The van der Waals surface area contributed by atoms with Gasteiger partial charge in [-0.1, -0.05) is 37.3 Å². The molecule has 2 rings (SSSR count). The van der Waals surface area contributed by atoms with Crippen molar-refractivity contribution in [3.8, 4) is 11.5 Å². The Morgan fingerprint density at radius 2 is 1.78 bits per heavy atom. The number of benzene rings is 2. The van der Waals surface area contributed by atoms with Crippen molar-refractivity contribution < 1.29 is 4.74 Å². The summed E-state index contributed by atoms with van der Waals surface area (Å²) in [5.74, 6) is 1.78. The van der Waals surface area contributed by atoms with Crippen molar-refractivity contribution in [1.29, 1.82) is 0 Å². The summed E-state index contributed by atoms with van der Waals surface area (Å²) in [6.07, 6.45) is 0.958. The maximum atomic E-state index is 6.02. The van der Waals surface area contributed by atoms with Crippen LogP contribution in [0, 0.1) is 6.92 Å². The van der Waals surface area contributed by atoms with Crippen molar-refractivity contribution >= 4 is 0 Å². The standard InChI is InChI=1S/C16H19NO/c1-3-13-6-4-5-7-15(13)18-16-10-12(2)8-9-14(16)11-17/h4-10H,3,11,17H2,1-2H3. The van der Waals surface area contributed by atoms with Crippen molar-refractivity contribution in [2.45, 2.75) is 26.8 Å². The highest BCUT2D eigenvalue weighted by atomic mass is 16.5. The molecule has 0 atom stereocenters. The van der Waals surface area contributed by atoms with Crippen LogP contribution in [-0.2, 0) is 13.0 Å². The lowest BCUT2D eigenvalue weighted by molar-refractivity contribution is 0.470. The van der Waals surface area contributed by atoms with Crippen molar-refractivity contribution in [2.24, 2.45) is 5.73 Å². The van der Waals surface area contributed by atoms with Crippen LogP contribution in [0.25, 0.3) is 0 Å². The summed E-state index contributed by atoms with van der Waals surface area (Å²) in [6.45, 7) is 4.67. The molecule has 2 nitrogen and oxygen atoms in total. The van der Waals surface area contributed by atoms with E-state index in [0.29, 0.717) is 6.54 Å². The lowest BCUT2D eigenvalue weighted by atomic mass is 10.1. The number of nitrogens with two attached hydrogens (primary N) is 1. The molecule has 0 fully saturated rings. The molecule has 2 N–H and O–H groups in total. The minimum absolute atomic E-state index is 0.490. The highest BCUT2D eigenvalue weighted by Gasteiger charge is 2.06. The number of ether oxygens (including phenoxy) is 1. The molecule has 0 heterocycles. The van der Waals surface area contributed by atoms with Gasteiger partial charge in [-0.3, -0.25) is 0 Å². The van der Waals surface area contributed by atoms with Gasteiger partial charge in [-0.2, -0.15) is 0 Å². The van der Waals surface area contributed by atoms with E-state index in [1.165, 1.54) is 11.1 Å². The van der Waals surface area contributed by atoms with Gasteiger partial charge in [-0.15, -0.1) is 0 Å². The summed E-state index contributed by atoms with van der Waals surface area (Å²) in [7, 11) is 0. The molecule has 2 heteroatoms. The zero-order valence-corrected chi connectivity index (χ0v) is 10.9. The Labute approximate surface area is 108 Å². The SMILES string of the molecule is CCc1ccccc1Oc1cc(C)ccc1CN. The van der Waals surface area contributed by atoms with E-state index < -0.39 is 0 Å². The summed E-state index contributed by atoms with van der Waals surface area (Å²) in [6, 6.07) is 14.2. The van der Waals surface area contributed by atoms with Crippen molar-refractivity contribution in [2.75, 3.05) is 0 Å². The van der Waals surface area contributed by atoms with E-state index in [1.807, 2.05) is 30.3 Å². The van der Waals surface area contributed by atoms with Crippen molar-refractivity contribution in [3.63, 3.8) is 0 Å². The molecule has 94 valence electrons. The topological polar surface area (TPSA) is 35.2 Å². The van der Waals surface area contributed by atoms with Crippen LogP contribution in [0.5, 0.6) is 11.5 Å². The minimum Gasteiger partial charge on any atom is -0.457 e. The molecule has 0 spiro atoms. The zero-order valence-electron chi connectivity index (χ0n) is 10.9. The van der Waals surface area contributed by atoms with E-state index in [9.17, 15) is 0 Å². The number of rotatable bonds is 4. The second-order valence-electron chi connectivity index (χ2n) is 4.38. The molecule has 0 aliphatic heterocycles. The molecule has 0 radical (unpaired) electrons. The third kappa shape index (κ3) is 2.71. The van der Waals surface area contributed by atoms with Crippen LogP contribution in [0.15, 0.2) is 42.5 Å². The largest absolute Gasteiger partial charge is 0.457 e. The predicted molar refractivity (Wildman–Crippen MR) is 75.0 cm³/mol. The first-order valence-electron chi connectivity index (χ1n) is 6.30. The molecule has 18 heavy (non-hydrogen) atoms. The highest BCUT2D eigenvalue weighted by Crippen LogP contribution is 2.29. The summed E-state index contributed by atoms with van der Waals surface area (Å²) in [5, 5.41) is 0. The van der Waals surface area contributed by atoms with Crippen LogP contribution < -0.4 is 10.5 Å². The van der Waals surface area contributed by atoms with Crippen molar-refractivity contribution in [1.82, 2.24) is 0 Å². The summed E-state index contributed by atoms with van der Waals surface area (Å²) in [4.78, 5) is 0. The van der Waals surface area contributed by atoms with E-state index in [0.717, 1.165) is 23.5 Å². The van der Waals surface area contributed by atoms with Gasteiger partial charge in [0.1, 0.15) is 11.5 Å². The third-order valence-corrected chi connectivity index (χ3v) is 3.02. The Kier molecular flexibility index (Phi) is 4.00. The Morgan fingerprint density at radius 1 is 1.00 bits per heavy atom. The number of para-hydroxylation sites is 1. The van der Waals surface area contributed by atoms with Crippen LogP contribution >= 0.6 is 0 Å². The molecule has 0 aliphatic carbocycles. The Bertz CT molecular complexity index is 534. The molecule has 0 amide bonds. The molecular formula is C16H19NO. The maximum Gasteiger partial charge on any atom is 0.132 e. The summed E-state index contributed by atoms with van der Waals surface area (Å²) < 4.78 is 6.02. The summed E-state index contributed by atoms with van der Waals surface area (Å²) in [5.41, 5.74) is 9.17. The van der Waals surface area contributed by atoms with Gasteiger partial charge in [0, 0.05) is 12.1 Å². The Balaban J connectivity index is 2.36. The van der Waals surface area contributed by atoms with Crippen LogP contribution in [0.3, 0.4) is 0 Å². The second-order valence-corrected chi connectivity index (χ2v) is 4.38. The highest BCUT2D eigenvalue weighted by molar-refractivity contribution is 5.43. The Hall–Kier alpha value is -1.80.